The molecule has 162 valence electrons. The maximum Gasteiger partial charge on any atom is 0.234 e. The Labute approximate surface area is 187 Å². The fraction of sp³-hybridized carbons (Fsp3) is 0.375. The number of nitrogens with zero attached hydrogens (tertiary/aromatic N) is 3. The van der Waals surface area contributed by atoms with Crippen LogP contribution < -0.4 is 5.32 Å². The van der Waals surface area contributed by atoms with E-state index in [1.54, 1.807) is 0 Å². The number of rotatable bonds is 8. The second-order valence-electron chi connectivity index (χ2n) is 7.63. The molecule has 0 spiro atoms. The number of amides is 1. The van der Waals surface area contributed by atoms with Gasteiger partial charge in [-0.25, -0.2) is 9.97 Å². The van der Waals surface area contributed by atoms with Gasteiger partial charge in [0.05, 0.1) is 31.0 Å². The van der Waals surface area contributed by atoms with Crippen molar-refractivity contribution in [3.05, 3.63) is 59.9 Å². The van der Waals surface area contributed by atoms with Crippen LogP contribution in [0.25, 0.3) is 10.9 Å². The van der Waals surface area contributed by atoms with Gasteiger partial charge in [-0.1, -0.05) is 55.4 Å². The van der Waals surface area contributed by atoms with Crippen LogP contribution in [0, 0.1) is 0 Å². The number of hydrogen-bond acceptors (Lipinski definition) is 6. The van der Waals surface area contributed by atoms with Gasteiger partial charge in [0.1, 0.15) is 10.9 Å². The number of ether oxygens (including phenoxy) is 1. The fourth-order valence-corrected chi connectivity index (χ4v) is 4.45. The van der Waals surface area contributed by atoms with Gasteiger partial charge < -0.3 is 10.1 Å². The van der Waals surface area contributed by atoms with Gasteiger partial charge in [0.15, 0.2) is 0 Å². The summed E-state index contributed by atoms with van der Waals surface area (Å²) >= 11 is 1.46. The highest BCUT2D eigenvalue weighted by Gasteiger charge is 2.15. The van der Waals surface area contributed by atoms with Gasteiger partial charge in [-0.05, 0) is 30.2 Å². The van der Waals surface area contributed by atoms with E-state index >= 15 is 0 Å². The maximum absolute atomic E-state index is 12.5. The van der Waals surface area contributed by atoms with E-state index in [1.807, 2.05) is 36.4 Å². The number of carbonyl (C=O) groups is 1. The van der Waals surface area contributed by atoms with Crippen LogP contribution in [0.3, 0.4) is 0 Å². The van der Waals surface area contributed by atoms with Gasteiger partial charge in [-0.15, -0.1) is 0 Å². The molecule has 1 aliphatic heterocycles. The Morgan fingerprint density at radius 2 is 1.87 bits per heavy atom. The molecule has 2 heterocycles. The van der Waals surface area contributed by atoms with E-state index in [1.165, 1.54) is 17.3 Å². The standard InChI is InChI=1S/C24H28N4O2S/c1-2-5-18-8-10-19(11-9-18)25-23(29)17-31-24-20-6-3-4-7-21(20)26-22(27-24)16-28-12-14-30-15-13-28/h3-4,6-11H,2,5,12-17H2,1H3,(H,25,29). The van der Waals surface area contributed by atoms with Gasteiger partial charge in [0.25, 0.3) is 0 Å². The number of para-hydroxylation sites is 1. The van der Waals surface area contributed by atoms with Crippen molar-refractivity contribution >= 4 is 34.3 Å². The van der Waals surface area contributed by atoms with E-state index < -0.39 is 0 Å². The van der Waals surface area contributed by atoms with Crippen LogP contribution in [0.5, 0.6) is 0 Å². The monoisotopic (exact) mass is 436 g/mol. The number of anilines is 1. The molecule has 4 rings (SSSR count). The van der Waals surface area contributed by atoms with Gasteiger partial charge >= 0.3 is 0 Å². The summed E-state index contributed by atoms with van der Waals surface area (Å²) in [5.41, 5.74) is 3.02. The van der Waals surface area contributed by atoms with Gasteiger partial charge in [-0.2, -0.15) is 0 Å². The highest BCUT2D eigenvalue weighted by atomic mass is 32.2. The van der Waals surface area contributed by atoms with E-state index in [0.29, 0.717) is 12.3 Å². The summed E-state index contributed by atoms with van der Waals surface area (Å²) < 4.78 is 5.43. The van der Waals surface area contributed by atoms with Crippen LogP contribution in [0.4, 0.5) is 5.69 Å². The molecular weight excluding hydrogens is 408 g/mol. The van der Waals surface area contributed by atoms with Gasteiger partial charge in [0.2, 0.25) is 5.91 Å². The van der Waals surface area contributed by atoms with Gasteiger partial charge in [0, 0.05) is 24.2 Å². The molecular formula is C24H28N4O2S. The molecule has 1 saturated heterocycles. The molecule has 0 aliphatic carbocycles. The molecule has 0 unspecified atom stereocenters. The number of thioether (sulfide) groups is 1. The summed E-state index contributed by atoms with van der Waals surface area (Å²) in [5.74, 6) is 1.05. The van der Waals surface area contributed by atoms with Gasteiger partial charge in [-0.3, -0.25) is 9.69 Å². The van der Waals surface area contributed by atoms with E-state index in [-0.39, 0.29) is 5.91 Å². The quantitative estimate of drug-likeness (QED) is 0.423. The van der Waals surface area contributed by atoms with Crippen LogP contribution in [0.2, 0.25) is 0 Å². The number of carbonyl (C=O) groups excluding carboxylic acids is 1. The predicted molar refractivity (Wildman–Crippen MR) is 125 cm³/mol. The Morgan fingerprint density at radius 3 is 2.65 bits per heavy atom. The molecule has 1 aliphatic rings. The SMILES string of the molecule is CCCc1ccc(NC(=O)CSc2nc(CN3CCOCC3)nc3ccccc23)cc1. The van der Waals surface area contributed by atoms with Crippen LogP contribution in [-0.2, 0) is 22.5 Å². The van der Waals surface area contributed by atoms with E-state index in [4.69, 9.17) is 14.7 Å². The first-order chi connectivity index (χ1) is 15.2. The Morgan fingerprint density at radius 1 is 1.10 bits per heavy atom. The van der Waals surface area contributed by atoms with Crippen molar-refractivity contribution in [2.24, 2.45) is 0 Å². The van der Waals surface area contributed by atoms with Crippen molar-refractivity contribution in [3.63, 3.8) is 0 Å². The van der Waals surface area contributed by atoms with E-state index in [0.717, 1.165) is 66.6 Å². The minimum Gasteiger partial charge on any atom is -0.379 e. The van der Waals surface area contributed by atoms with Crippen molar-refractivity contribution < 1.29 is 9.53 Å². The zero-order valence-electron chi connectivity index (χ0n) is 17.8. The molecule has 0 saturated carbocycles. The third-order valence-electron chi connectivity index (χ3n) is 5.20. The molecule has 6 nitrogen and oxygen atoms in total. The van der Waals surface area contributed by atoms with E-state index in [9.17, 15) is 4.79 Å². The zero-order chi connectivity index (χ0) is 21.5. The van der Waals surface area contributed by atoms with E-state index in [2.05, 4.69) is 29.3 Å². The summed E-state index contributed by atoms with van der Waals surface area (Å²) in [5, 5.41) is 4.82. The molecule has 0 atom stereocenters. The average molecular weight is 437 g/mol. The molecule has 0 bridgehead atoms. The first kappa shape index (κ1) is 21.7. The predicted octanol–water partition coefficient (Wildman–Crippen LogP) is 4.15. The molecule has 1 N–H and O–H groups in total. The molecule has 0 radical (unpaired) electrons. The Bertz CT molecular complexity index is 1020. The number of fused-ring (bicyclic) bond motifs is 1. The average Bonchev–Trinajstić information content (AvgIpc) is 2.80. The van der Waals surface area contributed by atoms with Crippen LogP contribution >= 0.6 is 11.8 Å². The maximum atomic E-state index is 12.5. The zero-order valence-corrected chi connectivity index (χ0v) is 18.7. The molecule has 2 aromatic carbocycles. The summed E-state index contributed by atoms with van der Waals surface area (Å²) in [7, 11) is 0. The number of aryl methyl sites for hydroxylation is 1. The third-order valence-corrected chi connectivity index (χ3v) is 6.19. The number of aromatic nitrogens is 2. The molecule has 1 fully saturated rings. The topological polar surface area (TPSA) is 67.4 Å². The highest BCUT2D eigenvalue weighted by Crippen LogP contribution is 2.26. The summed E-state index contributed by atoms with van der Waals surface area (Å²) in [6.07, 6.45) is 2.17. The molecule has 7 heteroatoms. The largest absolute Gasteiger partial charge is 0.379 e. The Kier molecular flexibility index (Phi) is 7.51. The Hall–Kier alpha value is -2.48. The summed E-state index contributed by atoms with van der Waals surface area (Å²) in [6, 6.07) is 16.1. The lowest BCUT2D eigenvalue weighted by molar-refractivity contribution is -0.113. The summed E-state index contributed by atoms with van der Waals surface area (Å²) in [4.78, 5) is 24.4. The number of morpholine rings is 1. The summed E-state index contributed by atoms with van der Waals surface area (Å²) in [6.45, 7) is 6.12. The first-order valence-corrected chi connectivity index (χ1v) is 11.8. The normalized spacial score (nSPS) is 14.6. The number of hydrogen-bond donors (Lipinski definition) is 1. The smallest absolute Gasteiger partial charge is 0.234 e. The highest BCUT2D eigenvalue weighted by molar-refractivity contribution is 8.00. The second-order valence-corrected chi connectivity index (χ2v) is 8.60. The molecule has 3 aromatic rings. The fourth-order valence-electron chi connectivity index (χ4n) is 3.61. The first-order valence-electron chi connectivity index (χ1n) is 10.8. The number of nitrogens with one attached hydrogen (secondary N) is 1. The lowest BCUT2D eigenvalue weighted by Gasteiger charge is -2.25. The Balaban J connectivity index is 1.43. The number of benzene rings is 2. The molecule has 1 amide bonds. The van der Waals surface area contributed by atoms with Crippen molar-refractivity contribution in [1.29, 1.82) is 0 Å². The van der Waals surface area contributed by atoms with Crippen LogP contribution in [-0.4, -0.2) is 52.8 Å². The second kappa shape index (κ2) is 10.7. The van der Waals surface area contributed by atoms with Crippen molar-refractivity contribution in [3.8, 4) is 0 Å². The lowest BCUT2D eigenvalue weighted by Crippen LogP contribution is -2.36. The van der Waals surface area contributed by atoms with Crippen molar-refractivity contribution in [2.75, 3.05) is 37.4 Å². The third kappa shape index (κ3) is 6.03. The van der Waals surface area contributed by atoms with Crippen molar-refractivity contribution in [2.45, 2.75) is 31.3 Å². The minimum atomic E-state index is -0.0364. The minimum absolute atomic E-state index is 0.0364. The van der Waals surface area contributed by atoms with Crippen molar-refractivity contribution in [1.82, 2.24) is 14.9 Å². The van der Waals surface area contributed by atoms with Crippen LogP contribution in [0.15, 0.2) is 53.6 Å². The molecule has 31 heavy (non-hydrogen) atoms. The van der Waals surface area contributed by atoms with Crippen LogP contribution in [0.1, 0.15) is 24.7 Å². The molecule has 1 aromatic heterocycles. The lowest BCUT2D eigenvalue weighted by atomic mass is 10.1.